The molecule has 0 aromatic carbocycles. The number of amides is 1. The van der Waals surface area contributed by atoms with Crippen molar-refractivity contribution < 1.29 is 9.53 Å². The summed E-state index contributed by atoms with van der Waals surface area (Å²) < 4.78 is 4.94. The first kappa shape index (κ1) is 12.5. The van der Waals surface area contributed by atoms with Crippen LogP contribution in [0.1, 0.15) is 19.8 Å². The van der Waals surface area contributed by atoms with Crippen LogP contribution in [0.25, 0.3) is 0 Å². The normalized spacial score (nSPS) is 18.3. The minimum absolute atomic E-state index is 0.147. The summed E-state index contributed by atoms with van der Waals surface area (Å²) >= 11 is 0. The third-order valence-corrected chi connectivity index (χ3v) is 3.01. The number of hydrogen-bond donors (Lipinski definition) is 2. The third kappa shape index (κ3) is 4.18. The van der Waals surface area contributed by atoms with Crippen LogP contribution < -0.4 is 10.6 Å². The van der Waals surface area contributed by atoms with Crippen LogP contribution in [0.5, 0.6) is 0 Å². The Bertz CT molecular complexity index is 193. The molecule has 4 heteroatoms. The lowest BCUT2D eigenvalue weighted by Crippen LogP contribution is -2.49. The van der Waals surface area contributed by atoms with E-state index in [0.717, 1.165) is 39.1 Å². The predicted molar refractivity (Wildman–Crippen MR) is 59.6 cm³/mol. The second kappa shape index (κ2) is 6.80. The van der Waals surface area contributed by atoms with E-state index in [9.17, 15) is 4.79 Å². The van der Waals surface area contributed by atoms with E-state index >= 15 is 0 Å². The van der Waals surface area contributed by atoms with Crippen LogP contribution in [0.4, 0.5) is 0 Å². The molecule has 0 aliphatic carbocycles. The molecule has 0 saturated carbocycles. The molecule has 1 amide bonds. The van der Waals surface area contributed by atoms with Gasteiger partial charge in [-0.15, -0.1) is 0 Å². The van der Waals surface area contributed by atoms with E-state index in [1.807, 2.05) is 6.92 Å². The standard InChI is InChI=1S/C11H22N2O2/c1-9(10-7-12-8-10)11(14)13-5-3-4-6-15-2/h9-10,12H,3-8H2,1-2H3,(H,13,14). The zero-order valence-electron chi connectivity index (χ0n) is 9.71. The van der Waals surface area contributed by atoms with Crippen LogP contribution in [0.3, 0.4) is 0 Å². The number of rotatable bonds is 7. The molecule has 1 rings (SSSR count). The maximum Gasteiger partial charge on any atom is 0.223 e. The van der Waals surface area contributed by atoms with Gasteiger partial charge in [-0.25, -0.2) is 0 Å². The monoisotopic (exact) mass is 214 g/mol. The van der Waals surface area contributed by atoms with Gasteiger partial charge in [0.15, 0.2) is 0 Å². The summed E-state index contributed by atoms with van der Waals surface area (Å²) in [6.45, 7) is 5.52. The zero-order valence-corrected chi connectivity index (χ0v) is 9.71. The average Bonchev–Trinajstić information content (AvgIpc) is 2.14. The van der Waals surface area contributed by atoms with Crippen molar-refractivity contribution in [1.29, 1.82) is 0 Å². The van der Waals surface area contributed by atoms with Gasteiger partial charge in [0.25, 0.3) is 0 Å². The first-order valence-corrected chi connectivity index (χ1v) is 5.73. The molecular weight excluding hydrogens is 192 g/mol. The van der Waals surface area contributed by atoms with Crippen LogP contribution in [-0.4, -0.2) is 39.3 Å². The molecule has 15 heavy (non-hydrogen) atoms. The fourth-order valence-corrected chi connectivity index (χ4v) is 1.62. The first-order chi connectivity index (χ1) is 7.25. The van der Waals surface area contributed by atoms with Crippen molar-refractivity contribution in [3.8, 4) is 0 Å². The molecule has 1 fully saturated rings. The van der Waals surface area contributed by atoms with Crippen LogP contribution >= 0.6 is 0 Å². The lowest BCUT2D eigenvalue weighted by atomic mass is 9.88. The van der Waals surface area contributed by atoms with Crippen LogP contribution in [-0.2, 0) is 9.53 Å². The van der Waals surface area contributed by atoms with Gasteiger partial charge < -0.3 is 15.4 Å². The van der Waals surface area contributed by atoms with E-state index < -0.39 is 0 Å². The Morgan fingerprint density at radius 3 is 2.80 bits per heavy atom. The summed E-state index contributed by atoms with van der Waals surface area (Å²) in [5, 5.41) is 6.15. The second-order valence-corrected chi connectivity index (χ2v) is 4.20. The highest BCUT2D eigenvalue weighted by molar-refractivity contribution is 5.78. The molecule has 1 saturated heterocycles. The van der Waals surface area contributed by atoms with Crippen molar-refractivity contribution in [3.63, 3.8) is 0 Å². The summed E-state index contributed by atoms with van der Waals surface area (Å²) in [5.74, 6) is 0.872. The summed E-state index contributed by atoms with van der Waals surface area (Å²) in [6.07, 6.45) is 2.01. The van der Waals surface area contributed by atoms with Gasteiger partial charge in [-0.2, -0.15) is 0 Å². The smallest absolute Gasteiger partial charge is 0.223 e. The fraction of sp³-hybridized carbons (Fsp3) is 0.909. The lowest BCUT2D eigenvalue weighted by molar-refractivity contribution is -0.126. The van der Waals surface area contributed by atoms with Crippen molar-refractivity contribution in [2.75, 3.05) is 33.4 Å². The van der Waals surface area contributed by atoms with Crippen molar-refractivity contribution in [2.24, 2.45) is 11.8 Å². The molecule has 1 aliphatic heterocycles. The number of ether oxygens (including phenoxy) is 1. The predicted octanol–water partition coefficient (Wildman–Crippen LogP) is 0.385. The van der Waals surface area contributed by atoms with Gasteiger partial charge in [-0.05, 0) is 31.8 Å². The highest BCUT2D eigenvalue weighted by Crippen LogP contribution is 2.15. The molecule has 1 heterocycles. The highest BCUT2D eigenvalue weighted by atomic mass is 16.5. The molecule has 88 valence electrons. The van der Waals surface area contributed by atoms with Crippen molar-refractivity contribution >= 4 is 5.91 Å². The van der Waals surface area contributed by atoms with E-state index in [2.05, 4.69) is 10.6 Å². The quantitative estimate of drug-likeness (QED) is 0.603. The molecule has 0 bridgehead atoms. The van der Waals surface area contributed by atoms with E-state index in [1.54, 1.807) is 7.11 Å². The lowest BCUT2D eigenvalue weighted by Gasteiger charge is -2.31. The number of methoxy groups -OCH3 is 1. The Hall–Kier alpha value is -0.610. The Kier molecular flexibility index (Phi) is 5.65. The van der Waals surface area contributed by atoms with Crippen molar-refractivity contribution in [1.82, 2.24) is 10.6 Å². The minimum atomic E-state index is 0.147. The minimum Gasteiger partial charge on any atom is -0.385 e. The summed E-state index contributed by atoms with van der Waals surface area (Å²) in [6, 6.07) is 0. The maximum absolute atomic E-state index is 11.6. The van der Waals surface area contributed by atoms with Gasteiger partial charge in [-0.1, -0.05) is 6.92 Å². The van der Waals surface area contributed by atoms with Gasteiger partial charge in [0.05, 0.1) is 0 Å². The molecule has 4 nitrogen and oxygen atoms in total. The van der Waals surface area contributed by atoms with Crippen LogP contribution in [0, 0.1) is 11.8 Å². The number of nitrogens with one attached hydrogen (secondary N) is 2. The Morgan fingerprint density at radius 1 is 1.53 bits per heavy atom. The highest BCUT2D eigenvalue weighted by Gasteiger charge is 2.28. The molecule has 0 aromatic rings. The van der Waals surface area contributed by atoms with Crippen molar-refractivity contribution in [2.45, 2.75) is 19.8 Å². The Balaban J connectivity index is 2.02. The largest absolute Gasteiger partial charge is 0.385 e. The fourth-order valence-electron chi connectivity index (χ4n) is 1.62. The topological polar surface area (TPSA) is 50.4 Å². The van der Waals surface area contributed by atoms with Gasteiger partial charge in [0.1, 0.15) is 0 Å². The molecule has 0 radical (unpaired) electrons. The van der Waals surface area contributed by atoms with E-state index in [1.165, 1.54) is 0 Å². The third-order valence-electron chi connectivity index (χ3n) is 3.01. The molecule has 1 atom stereocenters. The Labute approximate surface area is 91.8 Å². The van der Waals surface area contributed by atoms with E-state index in [-0.39, 0.29) is 11.8 Å². The average molecular weight is 214 g/mol. The number of carbonyl (C=O) groups is 1. The summed E-state index contributed by atoms with van der Waals surface area (Å²) in [7, 11) is 1.70. The molecular formula is C11H22N2O2. The molecule has 1 aliphatic rings. The molecule has 2 N–H and O–H groups in total. The van der Waals surface area contributed by atoms with Crippen LogP contribution in [0.15, 0.2) is 0 Å². The summed E-state index contributed by atoms with van der Waals surface area (Å²) in [4.78, 5) is 11.6. The van der Waals surface area contributed by atoms with Crippen molar-refractivity contribution in [3.05, 3.63) is 0 Å². The van der Waals surface area contributed by atoms with Gasteiger partial charge >= 0.3 is 0 Å². The molecule has 0 spiro atoms. The molecule has 0 aromatic heterocycles. The van der Waals surface area contributed by atoms with E-state index in [4.69, 9.17) is 4.74 Å². The first-order valence-electron chi connectivity index (χ1n) is 5.73. The second-order valence-electron chi connectivity index (χ2n) is 4.20. The van der Waals surface area contributed by atoms with Gasteiger partial charge in [-0.3, -0.25) is 4.79 Å². The van der Waals surface area contributed by atoms with Gasteiger partial charge in [0.2, 0.25) is 5.91 Å². The SMILES string of the molecule is COCCCCNC(=O)C(C)C1CNC1. The van der Waals surface area contributed by atoms with Crippen LogP contribution in [0.2, 0.25) is 0 Å². The Morgan fingerprint density at radius 2 is 2.27 bits per heavy atom. The number of hydrogen-bond acceptors (Lipinski definition) is 3. The molecule has 1 unspecified atom stereocenters. The zero-order chi connectivity index (χ0) is 11.1. The number of carbonyl (C=O) groups excluding carboxylic acids is 1. The van der Waals surface area contributed by atoms with Gasteiger partial charge in [0, 0.05) is 26.2 Å². The summed E-state index contributed by atoms with van der Waals surface area (Å²) in [5.41, 5.74) is 0. The number of unbranched alkanes of at least 4 members (excludes halogenated alkanes) is 1. The van der Waals surface area contributed by atoms with E-state index in [0.29, 0.717) is 5.92 Å². The maximum atomic E-state index is 11.6.